The van der Waals surface area contributed by atoms with Gasteiger partial charge in [0.1, 0.15) is 0 Å². The van der Waals surface area contributed by atoms with Gasteiger partial charge in [-0.25, -0.2) is 4.79 Å². The number of rotatable bonds is 4. The lowest BCUT2D eigenvalue weighted by molar-refractivity contribution is 0.145. The summed E-state index contributed by atoms with van der Waals surface area (Å²) < 4.78 is 4.71. The number of hydrogen-bond donors (Lipinski definition) is 1. The predicted octanol–water partition coefficient (Wildman–Crippen LogP) is 4.64. The van der Waals surface area contributed by atoms with E-state index >= 15 is 0 Å². The molecule has 0 spiro atoms. The Bertz CT molecular complexity index is 778. The van der Waals surface area contributed by atoms with E-state index in [9.17, 15) is 4.79 Å². The van der Waals surface area contributed by atoms with Crippen LogP contribution in [0.2, 0.25) is 5.02 Å². The minimum Gasteiger partial charge on any atom is -0.453 e. The van der Waals surface area contributed by atoms with Crippen LogP contribution in [0, 0.1) is 6.92 Å². The Labute approximate surface area is 160 Å². The maximum Gasteiger partial charge on any atom is 0.407 e. The van der Waals surface area contributed by atoms with Gasteiger partial charge in [0.2, 0.25) is 0 Å². The van der Waals surface area contributed by atoms with Crippen LogP contribution >= 0.6 is 11.6 Å². The highest BCUT2D eigenvalue weighted by Gasteiger charge is 2.21. The first-order valence-electron chi connectivity index (χ1n) is 8.97. The molecule has 4 nitrogen and oxygen atoms in total. The Morgan fingerprint density at radius 3 is 2.85 bits per heavy atom. The number of nitrogens with zero attached hydrogens (tertiary/aromatic N) is 1. The van der Waals surface area contributed by atoms with Crippen molar-refractivity contribution in [2.45, 2.75) is 32.4 Å². The number of ether oxygens (including phenoxy) is 1. The van der Waals surface area contributed by atoms with Crippen LogP contribution in [0.25, 0.3) is 11.1 Å². The maximum atomic E-state index is 11.4. The summed E-state index contributed by atoms with van der Waals surface area (Å²) in [6.45, 7) is 4.76. The van der Waals surface area contributed by atoms with Gasteiger partial charge in [-0.3, -0.25) is 4.90 Å². The van der Waals surface area contributed by atoms with Crippen molar-refractivity contribution in [3.8, 4) is 11.1 Å². The van der Waals surface area contributed by atoms with Crippen molar-refractivity contribution in [3.05, 3.63) is 58.6 Å². The van der Waals surface area contributed by atoms with Gasteiger partial charge in [-0.05, 0) is 60.7 Å². The first kappa shape index (κ1) is 18.7. The largest absolute Gasteiger partial charge is 0.453 e. The molecule has 1 unspecified atom stereocenters. The molecule has 1 atom stereocenters. The fourth-order valence-corrected chi connectivity index (χ4v) is 3.60. The second-order valence-corrected chi connectivity index (χ2v) is 7.28. The van der Waals surface area contributed by atoms with Crippen LogP contribution in [-0.4, -0.2) is 37.2 Å². The Kier molecular flexibility index (Phi) is 6.17. The van der Waals surface area contributed by atoms with E-state index in [1.54, 1.807) is 0 Å². The first-order valence-corrected chi connectivity index (χ1v) is 9.35. The summed E-state index contributed by atoms with van der Waals surface area (Å²) in [4.78, 5) is 13.8. The normalized spacial score (nSPS) is 17.7. The minimum atomic E-state index is -0.352. The average Bonchev–Trinajstić information content (AvgIpc) is 2.64. The molecule has 0 saturated carbocycles. The molecule has 1 saturated heterocycles. The number of piperidine rings is 1. The lowest BCUT2D eigenvalue weighted by Gasteiger charge is -2.32. The van der Waals surface area contributed by atoms with Crippen LogP contribution in [0.5, 0.6) is 0 Å². The molecule has 5 heteroatoms. The average molecular weight is 373 g/mol. The topological polar surface area (TPSA) is 41.6 Å². The minimum absolute atomic E-state index is 0.148. The number of carbonyl (C=O) groups is 1. The molecule has 0 bridgehead atoms. The molecule has 138 valence electrons. The quantitative estimate of drug-likeness (QED) is 0.850. The number of alkyl carbamates (subject to hydrolysis) is 1. The van der Waals surface area contributed by atoms with Gasteiger partial charge in [0, 0.05) is 24.2 Å². The van der Waals surface area contributed by atoms with E-state index in [0.29, 0.717) is 0 Å². The zero-order chi connectivity index (χ0) is 18.5. The molecular formula is C21H25ClN2O2. The van der Waals surface area contributed by atoms with Crippen molar-refractivity contribution in [2.24, 2.45) is 0 Å². The third-order valence-corrected chi connectivity index (χ3v) is 5.26. The van der Waals surface area contributed by atoms with Gasteiger partial charge in [0.25, 0.3) is 0 Å². The SMILES string of the molecule is COC(=O)NC1CCCN(Cc2cccc(-c3ccc(C)c(Cl)c3)c2)C1. The second-order valence-electron chi connectivity index (χ2n) is 6.87. The number of halogens is 1. The molecule has 2 aromatic carbocycles. The maximum absolute atomic E-state index is 11.4. The van der Waals surface area contributed by atoms with Crippen LogP contribution in [0.3, 0.4) is 0 Å². The molecule has 1 aliphatic heterocycles. The number of amides is 1. The number of likely N-dealkylation sites (tertiary alicyclic amines) is 1. The molecular weight excluding hydrogens is 348 g/mol. The van der Waals surface area contributed by atoms with Crippen LogP contribution in [-0.2, 0) is 11.3 Å². The summed E-state index contributed by atoms with van der Waals surface area (Å²) in [5.41, 5.74) is 4.65. The number of aryl methyl sites for hydroxylation is 1. The van der Waals surface area contributed by atoms with Gasteiger partial charge in [0.05, 0.1) is 7.11 Å². The lowest BCUT2D eigenvalue weighted by Crippen LogP contribution is -2.47. The van der Waals surface area contributed by atoms with E-state index in [-0.39, 0.29) is 12.1 Å². The zero-order valence-corrected chi connectivity index (χ0v) is 16.1. The molecule has 0 aromatic heterocycles. The predicted molar refractivity (Wildman–Crippen MR) is 105 cm³/mol. The summed E-state index contributed by atoms with van der Waals surface area (Å²) >= 11 is 6.28. The Morgan fingerprint density at radius 2 is 2.08 bits per heavy atom. The van der Waals surface area contributed by atoms with Gasteiger partial charge in [0.15, 0.2) is 0 Å². The van der Waals surface area contributed by atoms with Gasteiger partial charge >= 0.3 is 6.09 Å². The fraction of sp³-hybridized carbons (Fsp3) is 0.381. The van der Waals surface area contributed by atoms with Crippen molar-refractivity contribution < 1.29 is 9.53 Å². The summed E-state index contributed by atoms with van der Waals surface area (Å²) in [6.07, 6.45) is 1.71. The number of nitrogens with one attached hydrogen (secondary N) is 1. The van der Waals surface area contributed by atoms with Crippen molar-refractivity contribution in [1.29, 1.82) is 0 Å². The Balaban J connectivity index is 1.68. The second kappa shape index (κ2) is 8.56. The van der Waals surface area contributed by atoms with E-state index in [4.69, 9.17) is 16.3 Å². The van der Waals surface area contributed by atoms with Gasteiger partial charge < -0.3 is 10.1 Å². The van der Waals surface area contributed by atoms with Crippen LogP contribution in [0.1, 0.15) is 24.0 Å². The highest BCUT2D eigenvalue weighted by molar-refractivity contribution is 6.31. The summed E-state index contributed by atoms with van der Waals surface area (Å²) in [5.74, 6) is 0. The number of carbonyl (C=O) groups excluding carboxylic acids is 1. The monoisotopic (exact) mass is 372 g/mol. The molecule has 0 aliphatic carbocycles. The van der Waals surface area contributed by atoms with E-state index in [2.05, 4.69) is 46.6 Å². The summed E-state index contributed by atoms with van der Waals surface area (Å²) in [7, 11) is 1.40. The van der Waals surface area contributed by atoms with E-state index in [0.717, 1.165) is 48.6 Å². The first-order chi connectivity index (χ1) is 12.5. The van der Waals surface area contributed by atoms with E-state index in [1.807, 2.05) is 13.0 Å². The molecule has 1 aliphatic rings. The fourth-order valence-electron chi connectivity index (χ4n) is 3.42. The van der Waals surface area contributed by atoms with E-state index in [1.165, 1.54) is 18.2 Å². The molecule has 2 aromatic rings. The van der Waals surface area contributed by atoms with Crippen molar-refractivity contribution in [2.75, 3.05) is 20.2 Å². The number of methoxy groups -OCH3 is 1. The van der Waals surface area contributed by atoms with Crippen LogP contribution < -0.4 is 5.32 Å². The molecule has 1 N–H and O–H groups in total. The third kappa shape index (κ3) is 4.77. The molecule has 26 heavy (non-hydrogen) atoms. The summed E-state index contributed by atoms with van der Waals surface area (Å²) in [5, 5.41) is 3.71. The lowest BCUT2D eigenvalue weighted by atomic mass is 10.0. The smallest absolute Gasteiger partial charge is 0.407 e. The van der Waals surface area contributed by atoms with Crippen LogP contribution in [0.4, 0.5) is 4.79 Å². The molecule has 0 radical (unpaired) electrons. The molecule has 1 fully saturated rings. The molecule has 3 rings (SSSR count). The standard InChI is InChI=1S/C21H25ClN2O2/c1-15-8-9-18(12-20(15)22)17-6-3-5-16(11-17)13-24-10-4-7-19(14-24)23-21(25)26-2/h3,5-6,8-9,11-12,19H,4,7,10,13-14H2,1-2H3,(H,23,25). The van der Waals surface area contributed by atoms with Crippen molar-refractivity contribution >= 4 is 17.7 Å². The Hall–Kier alpha value is -2.04. The van der Waals surface area contributed by atoms with Gasteiger partial charge in [-0.2, -0.15) is 0 Å². The molecule has 1 amide bonds. The van der Waals surface area contributed by atoms with Crippen molar-refractivity contribution in [3.63, 3.8) is 0 Å². The van der Waals surface area contributed by atoms with E-state index < -0.39 is 0 Å². The third-order valence-electron chi connectivity index (χ3n) is 4.85. The Morgan fingerprint density at radius 1 is 1.27 bits per heavy atom. The number of hydrogen-bond acceptors (Lipinski definition) is 3. The zero-order valence-electron chi connectivity index (χ0n) is 15.3. The van der Waals surface area contributed by atoms with Crippen LogP contribution in [0.15, 0.2) is 42.5 Å². The highest BCUT2D eigenvalue weighted by Crippen LogP contribution is 2.26. The van der Waals surface area contributed by atoms with Gasteiger partial charge in [-0.15, -0.1) is 0 Å². The number of benzene rings is 2. The molecule has 1 heterocycles. The summed E-state index contributed by atoms with van der Waals surface area (Å²) in [6, 6.07) is 14.9. The van der Waals surface area contributed by atoms with Gasteiger partial charge in [-0.1, -0.05) is 41.9 Å². The highest BCUT2D eigenvalue weighted by atomic mass is 35.5. The van der Waals surface area contributed by atoms with Crippen molar-refractivity contribution in [1.82, 2.24) is 10.2 Å².